The van der Waals surface area contributed by atoms with Gasteiger partial charge in [0, 0.05) is 40.0 Å². The Bertz CT molecular complexity index is 1240. The Hall–Kier alpha value is -3.03. The lowest BCUT2D eigenvalue weighted by Crippen LogP contribution is -2.71. The van der Waals surface area contributed by atoms with Crippen LogP contribution >= 0.6 is 0 Å². The molecule has 1 saturated carbocycles. The van der Waals surface area contributed by atoms with E-state index in [2.05, 4.69) is 0 Å². The van der Waals surface area contributed by atoms with Gasteiger partial charge in [-0.2, -0.15) is 0 Å². The van der Waals surface area contributed by atoms with Crippen molar-refractivity contribution >= 4 is 29.8 Å². The van der Waals surface area contributed by atoms with E-state index in [-0.39, 0.29) is 6.42 Å². The van der Waals surface area contributed by atoms with E-state index in [1.165, 1.54) is 27.7 Å². The third-order valence-electron chi connectivity index (χ3n) is 9.36. The van der Waals surface area contributed by atoms with E-state index in [9.17, 15) is 29.1 Å². The van der Waals surface area contributed by atoms with Crippen molar-refractivity contribution in [2.75, 3.05) is 0 Å². The lowest BCUT2D eigenvalue weighted by molar-refractivity contribution is -0.241. The van der Waals surface area contributed by atoms with E-state index in [0.717, 1.165) is 6.92 Å². The predicted molar refractivity (Wildman–Crippen MR) is 134 cm³/mol. The van der Waals surface area contributed by atoms with Crippen LogP contribution < -0.4 is 0 Å². The van der Waals surface area contributed by atoms with Gasteiger partial charge in [0.25, 0.3) is 0 Å². The summed E-state index contributed by atoms with van der Waals surface area (Å²) in [5.41, 5.74) is -5.34. The maximum Gasteiger partial charge on any atom is 0.342 e. The highest BCUT2D eigenvalue weighted by molar-refractivity contribution is 5.89. The van der Waals surface area contributed by atoms with Gasteiger partial charge in [-0.05, 0) is 26.8 Å². The molecular formula is C28H36O13. The number of rotatable bonds is 4. The molecule has 3 heterocycles. The maximum absolute atomic E-state index is 13.1. The summed E-state index contributed by atoms with van der Waals surface area (Å²) in [6, 6.07) is 0. The van der Waals surface area contributed by atoms with Gasteiger partial charge in [-0.25, -0.2) is 4.79 Å². The fourth-order valence-electron chi connectivity index (χ4n) is 7.80. The van der Waals surface area contributed by atoms with Gasteiger partial charge < -0.3 is 38.3 Å². The molecule has 3 saturated heterocycles. The molecule has 41 heavy (non-hydrogen) atoms. The summed E-state index contributed by atoms with van der Waals surface area (Å²) in [6.07, 6.45) is -6.85. The molecule has 2 aliphatic carbocycles. The van der Waals surface area contributed by atoms with Crippen molar-refractivity contribution in [2.24, 2.45) is 11.3 Å². The molecule has 13 heteroatoms. The molecule has 1 N–H and O–H groups in total. The average Bonchev–Trinajstić information content (AvgIpc) is 3.68. The Balaban J connectivity index is 1.84. The summed E-state index contributed by atoms with van der Waals surface area (Å²) < 4.78 is 41.4. The highest BCUT2D eigenvalue weighted by atomic mass is 16.7. The number of fused-ring (bicyclic) bond motifs is 3. The van der Waals surface area contributed by atoms with Crippen LogP contribution in [-0.2, 0) is 57.1 Å². The Kier molecular flexibility index (Phi) is 6.64. The summed E-state index contributed by atoms with van der Waals surface area (Å²) in [4.78, 5) is 63.3. The molecule has 5 aliphatic rings. The Morgan fingerprint density at radius 2 is 1.41 bits per heavy atom. The zero-order valence-electron chi connectivity index (χ0n) is 24.2. The number of aliphatic hydroxyl groups excluding tert-OH is 1. The Morgan fingerprint density at radius 3 is 1.95 bits per heavy atom. The molecule has 3 aliphatic heterocycles. The molecule has 226 valence electrons. The van der Waals surface area contributed by atoms with Crippen molar-refractivity contribution in [3.8, 4) is 0 Å². The third kappa shape index (κ3) is 4.10. The molecule has 1 spiro atoms. The summed E-state index contributed by atoms with van der Waals surface area (Å²) in [7, 11) is 0. The average molecular weight is 581 g/mol. The van der Waals surface area contributed by atoms with Crippen LogP contribution in [0.4, 0.5) is 0 Å². The molecule has 0 radical (unpaired) electrons. The van der Waals surface area contributed by atoms with Gasteiger partial charge >= 0.3 is 29.8 Å². The van der Waals surface area contributed by atoms with E-state index >= 15 is 0 Å². The van der Waals surface area contributed by atoms with Gasteiger partial charge in [-0.1, -0.05) is 12.5 Å². The zero-order chi connectivity index (χ0) is 30.4. The van der Waals surface area contributed by atoms with Gasteiger partial charge in [0.1, 0.15) is 42.2 Å². The van der Waals surface area contributed by atoms with Crippen LogP contribution in [0, 0.1) is 11.3 Å². The lowest BCUT2D eigenvalue weighted by Gasteiger charge is -2.55. The zero-order valence-corrected chi connectivity index (χ0v) is 24.2. The van der Waals surface area contributed by atoms with Crippen molar-refractivity contribution in [3.63, 3.8) is 0 Å². The largest absolute Gasteiger partial charge is 0.459 e. The van der Waals surface area contributed by atoms with Crippen LogP contribution in [0.3, 0.4) is 0 Å². The molecular weight excluding hydrogens is 544 g/mol. The van der Waals surface area contributed by atoms with Crippen molar-refractivity contribution in [1.82, 2.24) is 0 Å². The first-order chi connectivity index (χ1) is 18.9. The molecule has 13 nitrogen and oxygen atoms in total. The predicted octanol–water partition coefficient (Wildman–Crippen LogP) is 0.671. The number of esters is 5. The molecule has 4 fully saturated rings. The Labute approximate surface area is 236 Å². The molecule has 0 aromatic heterocycles. The standard InChI is InChI=1S/C28H36O13/c1-11-9-16(35-12(2)29)20(36-13(3)30)25(6)19(26(7)22(40-26)18(33)21(25)37-14(4)31)23(38-15(5)32)28-17(10-11)39-24(34)27(28,8)41-28/h10,16-23,33H,9H2,1-8H3/b11-10-/t16?,17-,18-,19+,20-,21-,22-,23-,25-,26+,27-,28-/m0/s1. The number of carbonyl (C=O) groups excluding carboxylic acids is 5. The SMILES string of the molecule is CC(=O)OC1C/C(C)=C\[C@@H]2OC(=O)[C@]3(C)O[C@]23[C@@H](OC(C)=O)[C@H]2[C@@]3(C)O[C@H]3[C@@H](O)[C@H](OC(C)=O)[C@]2(C)[C@H]1OC(C)=O. The first kappa shape index (κ1) is 29.5. The molecule has 0 amide bonds. The van der Waals surface area contributed by atoms with Gasteiger partial charge in [0.05, 0.1) is 5.41 Å². The topological polar surface area (TPSA) is 177 Å². The van der Waals surface area contributed by atoms with Crippen LogP contribution in [0.25, 0.3) is 0 Å². The van der Waals surface area contributed by atoms with E-state index < -0.39 is 101 Å². The minimum absolute atomic E-state index is 0.0167. The van der Waals surface area contributed by atoms with Crippen molar-refractivity contribution in [2.45, 2.75) is 121 Å². The van der Waals surface area contributed by atoms with Crippen molar-refractivity contribution in [3.05, 3.63) is 11.6 Å². The molecule has 12 atom stereocenters. The number of ether oxygens (including phenoxy) is 7. The first-order valence-electron chi connectivity index (χ1n) is 13.6. The number of hydrogen-bond acceptors (Lipinski definition) is 13. The number of epoxide rings is 2. The smallest absolute Gasteiger partial charge is 0.342 e. The van der Waals surface area contributed by atoms with Gasteiger partial charge in [-0.15, -0.1) is 0 Å². The number of aliphatic hydroxyl groups is 1. The van der Waals surface area contributed by atoms with Crippen LogP contribution in [0.5, 0.6) is 0 Å². The van der Waals surface area contributed by atoms with E-state index in [4.69, 9.17) is 33.2 Å². The molecule has 0 bridgehead atoms. The van der Waals surface area contributed by atoms with E-state index in [0.29, 0.717) is 5.57 Å². The first-order valence-corrected chi connectivity index (χ1v) is 13.6. The van der Waals surface area contributed by atoms with Gasteiger partial charge in [0.15, 0.2) is 17.3 Å². The van der Waals surface area contributed by atoms with E-state index in [1.54, 1.807) is 26.8 Å². The second-order valence-electron chi connectivity index (χ2n) is 12.3. The summed E-state index contributed by atoms with van der Waals surface area (Å²) in [5.74, 6) is -4.59. The highest BCUT2D eigenvalue weighted by Gasteiger charge is 2.90. The molecule has 0 aromatic rings. The monoisotopic (exact) mass is 580 g/mol. The third-order valence-corrected chi connectivity index (χ3v) is 9.36. The second kappa shape index (κ2) is 9.23. The van der Waals surface area contributed by atoms with Crippen LogP contribution in [-0.4, -0.2) is 94.5 Å². The van der Waals surface area contributed by atoms with Crippen LogP contribution in [0.2, 0.25) is 0 Å². The van der Waals surface area contributed by atoms with Crippen LogP contribution in [0.15, 0.2) is 11.6 Å². The molecule has 0 aromatic carbocycles. The minimum atomic E-state index is -1.64. The summed E-state index contributed by atoms with van der Waals surface area (Å²) in [6.45, 7) is 11.3. The van der Waals surface area contributed by atoms with Gasteiger partial charge in [0.2, 0.25) is 0 Å². The summed E-state index contributed by atoms with van der Waals surface area (Å²) >= 11 is 0. The quantitative estimate of drug-likeness (QED) is 0.213. The van der Waals surface area contributed by atoms with E-state index in [1.807, 2.05) is 0 Å². The molecule has 5 rings (SSSR count). The Morgan fingerprint density at radius 1 is 0.878 bits per heavy atom. The normalized spacial score (nSPS) is 48.8. The number of carbonyl (C=O) groups is 5. The fourth-order valence-corrected chi connectivity index (χ4v) is 7.80. The van der Waals surface area contributed by atoms with Gasteiger partial charge in [-0.3, -0.25) is 19.2 Å². The lowest BCUT2D eigenvalue weighted by atomic mass is 9.52. The molecule has 1 unspecified atom stereocenters. The minimum Gasteiger partial charge on any atom is -0.459 e. The second-order valence-corrected chi connectivity index (χ2v) is 12.3. The van der Waals surface area contributed by atoms with Crippen LogP contribution in [0.1, 0.15) is 61.8 Å². The summed E-state index contributed by atoms with van der Waals surface area (Å²) in [5, 5.41) is 11.5. The highest BCUT2D eigenvalue weighted by Crippen LogP contribution is 2.69. The number of hydrogen-bond donors (Lipinski definition) is 1. The fraction of sp³-hybridized carbons (Fsp3) is 0.750. The van der Waals surface area contributed by atoms with Crippen molar-refractivity contribution in [1.29, 1.82) is 0 Å². The maximum atomic E-state index is 13.1. The van der Waals surface area contributed by atoms with Crippen molar-refractivity contribution < 1.29 is 62.2 Å².